The molecule has 1 aromatic heterocycles. The van der Waals surface area contributed by atoms with Gasteiger partial charge in [-0.1, -0.05) is 133 Å². The lowest BCUT2D eigenvalue weighted by molar-refractivity contribution is -0.400. The number of rotatable bonds is 42. The molecule has 5 aliphatic heterocycles. The molecule has 36 nitrogen and oxygen atoms in total. The lowest BCUT2D eigenvalue weighted by atomic mass is 9.88. The number of benzene rings is 1. The number of H-pyrrole nitrogens is 1. The minimum Gasteiger partial charge on any atom is -0.394 e. The highest BCUT2D eigenvalue weighted by Crippen LogP contribution is 2.40. The van der Waals surface area contributed by atoms with E-state index in [-0.39, 0.29) is 18.5 Å². The Kier molecular flexibility index (Phi) is 35.7. The van der Waals surface area contributed by atoms with Gasteiger partial charge in [0.1, 0.15) is 116 Å². The summed E-state index contributed by atoms with van der Waals surface area (Å²) in [5.41, 5.74) is 1.76. The van der Waals surface area contributed by atoms with Crippen LogP contribution in [0.5, 0.6) is 0 Å². The summed E-state index contributed by atoms with van der Waals surface area (Å²) >= 11 is 0. The highest BCUT2D eigenvalue weighted by Gasteiger charge is 2.60. The summed E-state index contributed by atoms with van der Waals surface area (Å²) in [7, 11) is 0. The van der Waals surface area contributed by atoms with Crippen LogP contribution in [-0.4, -0.2) is 332 Å². The maximum absolute atomic E-state index is 13.6. The molecule has 3 amide bonds. The monoisotopic (exact) mass is 1500 g/mol. The molecule has 0 radical (unpaired) electrons. The number of aryl methyl sites for hydroxylation is 1. The van der Waals surface area contributed by atoms with Gasteiger partial charge < -0.3 is 150 Å². The van der Waals surface area contributed by atoms with E-state index in [1.54, 1.807) is 0 Å². The first kappa shape index (κ1) is 87.4. The number of aromatic nitrogens is 3. The Balaban J connectivity index is 1.12. The van der Waals surface area contributed by atoms with Gasteiger partial charge in [-0.2, -0.15) is 0 Å². The van der Waals surface area contributed by atoms with Crippen LogP contribution < -0.4 is 16.0 Å². The smallest absolute Gasteiger partial charge is 0.229 e. The van der Waals surface area contributed by atoms with Gasteiger partial charge in [0.25, 0.3) is 0 Å². The summed E-state index contributed by atoms with van der Waals surface area (Å²) in [5, 5.41) is 194. The molecule has 0 bridgehead atoms. The van der Waals surface area contributed by atoms with Crippen molar-refractivity contribution < 1.29 is 148 Å². The van der Waals surface area contributed by atoms with Gasteiger partial charge in [-0.15, -0.1) is 10.2 Å². The Hall–Kier alpha value is -4.86. The molecule has 0 spiro atoms. The summed E-state index contributed by atoms with van der Waals surface area (Å²) in [4.78, 5) is 55.9. The summed E-state index contributed by atoms with van der Waals surface area (Å²) in [6.07, 6.45) is -29.9. The zero-order valence-corrected chi connectivity index (χ0v) is 59.7. The van der Waals surface area contributed by atoms with Crippen LogP contribution in [0.2, 0.25) is 0 Å². The topological polar surface area (TPSA) is 562 Å². The molecule has 0 saturated carbocycles. The Bertz CT molecular complexity index is 2930. The van der Waals surface area contributed by atoms with Gasteiger partial charge in [0.15, 0.2) is 43.1 Å². The van der Waals surface area contributed by atoms with E-state index in [0.717, 1.165) is 57.1 Å². The van der Waals surface area contributed by atoms with Gasteiger partial charge in [-0.3, -0.25) is 19.2 Å². The van der Waals surface area contributed by atoms with E-state index in [1.807, 2.05) is 31.2 Å². The van der Waals surface area contributed by atoms with Gasteiger partial charge in [0.2, 0.25) is 23.5 Å². The minimum atomic E-state index is -2.96. The first-order valence-electron chi connectivity index (χ1n) is 36.3. The largest absolute Gasteiger partial charge is 0.394 e. The number of amides is 3. The van der Waals surface area contributed by atoms with E-state index >= 15 is 0 Å². The van der Waals surface area contributed by atoms with E-state index < -0.39 is 235 Å². The first-order valence-corrected chi connectivity index (χ1v) is 36.3. The highest BCUT2D eigenvalue weighted by molar-refractivity contribution is 5.76. The molecular weight excluding hydrogens is 1390 g/mol. The average molecular weight is 1510 g/mol. The van der Waals surface area contributed by atoms with E-state index in [4.69, 9.17) is 47.4 Å². The third-order valence-corrected chi connectivity index (χ3v) is 19.4. The summed E-state index contributed by atoms with van der Waals surface area (Å²) < 4.78 is 60.4. The van der Waals surface area contributed by atoms with E-state index in [1.165, 1.54) is 69.9 Å². The Labute approximate surface area is 608 Å². The maximum Gasteiger partial charge on any atom is 0.229 e. The van der Waals surface area contributed by atoms with Crippen molar-refractivity contribution in [1.29, 1.82) is 0 Å². The molecule has 5 fully saturated rings. The number of hydrogen-bond acceptors (Lipinski definition) is 32. The highest BCUT2D eigenvalue weighted by atomic mass is 16.8. The van der Waals surface area contributed by atoms with Crippen molar-refractivity contribution in [2.24, 2.45) is 0 Å². The van der Waals surface area contributed by atoms with Crippen molar-refractivity contribution in [1.82, 2.24) is 31.1 Å². The van der Waals surface area contributed by atoms with Crippen molar-refractivity contribution >= 4 is 30.1 Å². The maximum atomic E-state index is 13.6. The molecule has 14 unspecified atom stereocenters. The fourth-order valence-electron chi connectivity index (χ4n) is 13.5. The van der Waals surface area contributed by atoms with Gasteiger partial charge in [0, 0.05) is 32.3 Å². The number of carbonyl (C=O) groups is 4. The number of aromatic amines is 1. The zero-order chi connectivity index (χ0) is 76.7. The van der Waals surface area contributed by atoms with Gasteiger partial charge in [0.05, 0.1) is 63.9 Å². The molecule has 5 saturated heterocycles. The van der Waals surface area contributed by atoms with E-state index in [9.17, 15) is 101 Å². The summed E-state index contributed by atoms with van der Waals surface area (Å²) in [6, 6.07) is 2.70. The van der Waals surface area contributed by atoms with Crippen LogP contribution in [0.25, 0.3) is 17.5 Å². The van der Waals surface area contributed by atoms with Gasteiger partial charge >= 0.3 is 0 Å². The van der Waals surface area contributed by atoms with Crippen molar-refractivity contribution in [3.8, 4) is 11.4 Å². The van der Waals surface area contributed by atoms with Crippen LogP contribution in [0, 0.1) is 6.92 Å². The standard InChI is InChI=1S/C69H112N6O30/c1-5-6-7-8-9-10-11-12-13-14-15-16-17-18-19-20-48(87)72-39(40(84)25-26-47-73-64(75-74-47)38-23-21-35(2)22-24-38)33-96-66-57(94)55(92)59(45(31-79)99-66)101-68-58(95)63(105-69(34-81)27-41(85)49(70-36(3)82)62(104-69)51(88)42(86)28-76)60(46(32-80)100-68)102-65-50(71-37(4)83)61(53(90)44(30-78)97-65)103-67-56(93)54(91)52(89)43(29-77)98-67/h21-26,34,39-46,49-63,65-68,76-80,84-86,88-95H,5-20,27-33H2,1-4H3,(H,70,82)(H,71,83)(H,72,87)(H,73,74,75)/b26-25-/t39-,40+,41?,42+,43?,44?,45?,46?,49+,50?,51+,52-,53-,54?,55?,56?,57?,58?,59+,60-,61?,62?,63?,65-,66+,67-,68-,69-/m0/s1. The Morgan fingerprint density at radius 1 is 0.600 bits per heavy atom. The van der Waals surface area contributed by atoms with Crippen LogP contribution in [-0.2, 0) is 66.5 Å². The predicted molar refractivity (Wildman–Crippen MR) is 362 cm³/mol. The number of aliphatic hydroxyl groups excluding tert-OH is 16. The Morgan fingerprint density at radius 3 is 1.70 bits per heavy atom. The molecule has 20 N–H and O–H groups in total. The van der Waals surface area contributed by atoms with E-state index in [2.05, 4.69) is 38.1 Å². The number of hydrogen-bond donors (Lipinski definition) is 20. The minimum absolute atomic E-state index is 0.0728. The van der Waals surface area contributed by atoms with Crippen molar-refractivity contribution in [3.63, 3.8) is 0 Å². The summed E-state index contributed by atoms with van der Waals surface area (Å²) in [6.45, 7) is 0.133. The number of nitrogens with zero attached hydrogens (tertiary/aromatic N) is 2. The SMILES string of the molecule is CCCCCCCCCCCCCCCCCC(=O)N[C@@H](CO[C@@H]1OC(CO)[C@@H](O[C@@H]2OC(CO)[C@H](O[C@@H]3OC(CO)[C@H](O)C(O[C@@H]4OC(CO)[C@H](O)C(O)C4O)C3NC(C)=O)C(O[C@]3(C=O)CC(O)[C@@H](NC(C)=O)C([C@H](O)[C@H](O)CO)O3)C2O)C(O)C1O)[C@H](O)/C=C\c1nnc(-c2ccc(C)cc2)[nH]1. The molecule has 36 heteroatoms. The Morgan fingerprint density at radius 2 is 1.11 bits per heavy atom. The van der Waals surface area contributed by atoms with Crippen LogP contribution in [0.1, 0.15) is 141 Å². The lowest BCUT2D eigenvalue weighted by Crippen LogP contribution is -2.71. The molecule has 105 heavy (non-hydrogen) atoms. The lowest BCUT2D eigenvalue weighted by Gasteiger charge is -2.52. The van der Waals surface area contributed by atoms with E-state index in [0.29, 0.717) is 12.2 Å². The first-order chi connectivity index (χ1) is 50.3. The molecule has 1 aromatic carbocycles. The predicted octanol–water partition coefficient (Wildman–Crippen LogP) is -4.38. The van der Waals surface area contributed by atoms with Crippen molar-refractivity contribution in [2.45, 2.75) is 308 Å². The average Bonchev–Trinajstić information content (AvgIpc) is 1.06. The molecule has 28 atom stereocenters. The van der Waals surface area contributed by atoms with Crippen molar-refractivity contribution in [3.05, 3.63) is 41.7 Å². The molecular formula is C69H112N6O30. The molecule has 5 aliphatic rings. The quantitative estimate of drug-likeness (QED) is 0.0221. The summed E-state index contributed by atoms with van der Waals surface area (Å²) in [5.74, 6) is -4.45. The molecule has 2 aromatic rings. The van der Waals surface area contributed by atoms with Crippen molar-refractivity contribution in [2.75, 3.05) is 39.6 Å². The molecule has 6 heterocycles. The second kappa shape index (κ2) is 42.9. The van der Waals surface area contributed by atoms with Crippen LogP contribution in [0.3, 0.4) is 0 Å². The molecule has 7 rings (SSSR count). The number of nitrogens with one attached hydrogen (secondary N) is 4. The third-order valence-electron chi connectivity index (χ3n) is 19.4. The van der Waals surface area contributed by atoms with Crippen LogP contribution in [0.15, 0.2) is 30.3 Å². The van der Waals surface area contributed by atoms with Crippen LogP contribution >= 0.6 is 0 Å². The number of aldehydes is 1. The normalized spacial score (nSPS) is 35.0. The van der Waals surface area contributed by atoms with Crippen LogP contribution in [0.4, 0.5) is 0 Å². The third kappa shape index (κ3) is 24.1. The number of aliphatic hydroxyl groups is 16. The molecule has 0 aliphatic carbocycles. The second-order valence-electron chi connectivity index (χ2n) is 27.7. The fraction of sp³-hybridized carbons (Fsp3) is 0.797. The number of carbonyl (C=O) groups excluding carboxylic acids is 4. The zero-order valence-electron chi connectivity index (χ0n) is 59.7. The molecule has 598 valence electrons. The van der Waals surface area contributed by atoms with Gasteiger partial charge in [-0.25, -0.2) is 0 Å². The fourth-order valence-corrected chi connectivity index (χ4v) is 13.5. The van der Waals surface area contributed by atoms with Gasteiger partial charge in [-0.05, 0) is 19.4 Å². The number of ether oxygens (including phenoxy) is 10. The number of unbranched alkanes of at least 4 members (excludes halogenated alkanes) is 14. The second-order valence-corrected chi connectivity index (χ2v) is 27.7.